The topological polar surface area (TPSA) is 66.5 Å². The van der Waals surface area contributed by atoms with Crippen LogP contribution in [-0.4, -0.2) is 29.2 Å². The molecule has 2 aromatic carbocycles. The average Bonchev–Trinajstić information content (AvgIpc) is 2.77. The molecule has 1 aliphatic heterocycles. The Labute approximate surface area is 162 Å². The van der Waals surface area contributed by atoms with Crippen LogP contribution in [0.25, 0.3) is 0 Å². The van der Waals surface area contributed by atoms with Crippen molar-refractivity contribution < 1.29 is 14.4 Å². The van der Waals surface area contributed by atoms with Crippen LogP contribution in [0.5, 0.6) is 0 Å². The minimum Gasteiger partial charge on any atom is -0.323 e. The van der Waals surface area contributed by atoms with Gasteiger partial charge in [0.2, 0.25) is 5.91 Å². The largest absolute Gasteiger partial charge is 0.323 e. The first-order chi connectivity index (χ1) is 11.8. The maximum Gasteiger partial charge on any atom is 0.262 e. The summed E-state index contributed by atoms with van der Waals surface area (Å²) in [6.45, 7) is -0.482. The van der Waals surface area contributed by atoms with E-state index in [1.54, 1.807) is 18.2 Å². The number of imide groups is 1. The van der Waals surface area contributed by atoms with Crippen LogP contribution in [0.2, 0.25) is 20.1 Å². The Kier molecular flexibility index (Phi) is 4.93. The number of carbonyl (C=O) groups is 3. The lowest BCUT2D eigenvalue weighted by Gasteiger charge is -2.14. The van der Waals surface area contributed by atoms with Gasteiger partial charge < -0.3 is 5.32 Å². The molecule has 3 rings (SSSR count). The second-order valence-electron chi connectivity index (χ2n) is 5.16. The fraction of sp³-hybridized carbons (Fsp3) is 0.0625. The summed E-state index contributed by atoms with van der Waals surface area (Å²) < 4.78 is 0. The van der Waals surface area contributed by atoms with E-state index in [9.17, 15) is 14.4 Å². The van der Waals surface area contributed by atoms with Gasteiger partial charge in [0.15, 0.2) is 0 Å². The van der Waals surface area contributed by atoms with Crippen LogP contribution in [0.1, 0.15) is 20.7 Å². The maximum absolute atomic E-state index is 12.4. The van der Waals surface area contributed by atoms with Crippen molar-refractivity contribution in [3.63, 3.8) is 0 Å². The molecule has 128 valence electrons. The van der Waals surface area contributed by atoms with E-state index in [4.69, 9.17) is 46.4 Å². The lowest BCUT2D eigenvalue weighted by molar-refractivity contribution is -0.116. The Morgan fingerprint density at radius 1 is 0.920 bits per heavy atom. The number of anilines is 1. The molecule has 0 aliphatic carbocycles. The van der Waals surface area contributed by atoms with Crippen molar-refractivity contribution in [1.82, 2.24) is 4.90 Å². The Morgan fingerprint density at radius 3 is 2.04 bits per heavy atom. The van der Waals surface area contributed by atoms with Crippen molar-refractivity contribution in [1.29, 1.82) is 0 Å². The standard InChI is InChI=1S/C16H8Cl4N2O3/c17-9-2-1-3-12(14(9)20)21-13(23)6-22-15(24)7-4-10(18)11(19)5-8(7)16(22)25/h1-5H,6H2,(H,21,23). The molecule has 0 spiro atoms. The van der Waals surface area contributed by atoms with Crippen molar-refractivity contribution in [2.24, 2.45) is 0 Å². The highest BCUT2D eigenvalue weighted by molar-refractivity contribution is 6.44. The van der Waals surface area contributed by atoms with Crippen LogP contribution in [0.15, 0.2) is 30.3 Å². The first-order valence-corrected chi connectivity index (χ1v) is 8.40. The zero-order valence-corrected chi connectivity index (χ0v) is 15.3. The molecule has 0 bridgehead atoms. The number of nitrogens with one attached hydrogen (secondary N) is 1. The van der Waals surface area contributed by atoms with Gasteiger partial charge in [0.25, 0.3) is 11.8 Å². The maximum atomic E-state index is 12.4. The molecular weight excluding hydrogens is 410 g/mol. The number of rotatable bonds is 3. The first-order valence-electron chi connectivity index (χ1n) is 6.88. The molecule has 5 nitrogen and oxygen atoms in total. The molecule has 2 aromatic rings. The Balaban J connectivity index is 1.80. The molecule has 3 amide bonds. The molecule has 25 heavy (non-hydrogen) atoms. The van der Waals surface area contributed by atoms with E-state index < -0.39 is 24.3 Å². The predicted octanol–water partition coefficient (Wildman–Crippen LogP) is 4.53. The number of nitrogens with zero attached hydrogens (tertiary/aromatic N) is 1. The summed E-state index contributed by atoms with van der Waals surface area (Å²) in [5.74, 6) is -1.84. The number of hydrogen-bond acceptors (Lipinski definition) is 3. The minimum absolute atomic E-state index is 0.105. The average molecular weight is 418 g/mol. The fourth-order valence-electron chi connectivity index (χ4n) is 2.36. The second-order valence-corrected chi connectivity index (χ2v) is 6.76. The van der Waals surface area contributed by atoms with Gasteiger partial charge >= 0.3 is 0 Å². The summed E-state index contributed by atoms with van der Waals surface area (Å²) in [5, 5.41) is 3.25. The first kappa shape index (κ1) is 18.0. The summed E-state index contributed by atoms with van der Waals surface area (Å²) in [7, 11) is 0. The van der Waals surface area contributed by atoms with E-state index in [0.29, 0.717) is 0 Å². The van der Waals surface area contributed by atoms with Crippen molar-refractivity contribution in [2.75, 3.05) is 11.9 Å². The highest BCUT2D eigenvalue weighted by Gasteiger charge is 2.37. The second kappa shape index (κ2) is 6.84. The molecule has 0 aromatic heterocycles. The van der Waals surface area contributed by atoms with Crippen LogP contribution < -0.4 is 5.32 Å². The van der Waals surface area contributed by atoms with Gasteiger partial charge in [-0.25, -0.2) is 0 Å². The summed E-state index contributed by atoms with van der Waals surface area (Å²) in [5.41, 5.74) is 0.489. The molecule has 0 fully saturated rings. The van der Waals surface area contributed by atoms with E-state index in [-0.39, 0.29) is 36.9 Å². The summed E-state index contributed by atoms with van der Waals surface area (Å²) >= 11 is 23.6. The van der Waals surface area contributed by atoms with Gasteiger partial charge in [-0.3, -0.25) is 19.3 Å². The smallest absolute Gasteiger partial charge is 0.262 e. The predicted molar refractivity (Wildman–Crippen MR) is 96.9 cm³/mol. The lowest BCUT2D eigenvalue weighted by Crippen LogP contribution is -2.37. The zero-order chi connectivity index (χ0) is 18.3. The summed E-state index contributed by atoms with van der Waals surface area (Å²) in [4.78, 5) is 37.7. The zero-order valence-electron chi connectivity index (χ0n) is 12.3. The van der Waals surface area contributed by atoms with Gasteiger partial charge in [0, 0.05) is 0 Å². The summed E-state index contributed by atoms with van der Waals surface area (Å²) in [6.07, 6.45) is 0. The molecule has 0 unspecified atom stereocenters. The van der Waals surface area contributed by atoms with Gasteiger partial charge in [-0.2, -0.15) is 0 Å². The number of halogens is 4. The van der Waals surface area contributed by atoms with Gasteiger partial charge in [-0.1, -0.05) is 52.5 Å². The lowest BCUT2D eigenvalue weighted by atomic mass is 10.1. The molecule has 0 saturated carbocycles. The van der Waals surface area contributed by atoms with Crippen LogP contribution >= 0.6 is 46.4 Å². The minimum atomic E-state index is -0.620. The molecule has 1 heterocycles. The molecule has 0 atom stereocenters. The van der Waals surface area contributed by atoms with E-state index >= 15 is 0 Å². The van der Waals surface area contributed by atoms with E-state index in [0.717, 1.165) is 4.90 Å². The highest BCUT2D eigenvalue weighted by Crippen LogP contribution is 2.32. The Morgan fingerprint density at radius 2 is 1.48 bits per heavy atom. The molecule has 1 N–H and O–H groups in total. The molecule has 0 radical (unpaired) electrons. The number of amides is 3. The van der Waals surface area contributed by atoms with Crippen molar-refractivity contribution in [3.8, 4) is 0 Å². The van der Waals surface area contributed by atoms with E-state index in [2.05, 4.69) is 5.32 Å². The van der Waals surface area contributed by atoms with E-state index in [1.165, 1.54) is 12.1 Å². The number of hydrogen-bond donors (Lipinski definition) is 1. The number of benzene rings is 2. The van der Waals surface area contributed by atoms with Crippen molar-refractivity contribution in [3.05, 3.63) is 61.5 Å². The Hall–Kier alpha value is -1.79. The highest BCUT2D eigenvalue weighted by atomic mass is 35.5. The number of fused-ring (bicyclic) bond motifs is 1. The van der Waals surface area contributed by atoms with Crippen molar-refractivity contribution in [2.45, 2.75) is 0 Å². The quantitative estimate of drug-likeness (QED) is 0.745. The van der Waals surface area contributed by atoms with Crippen LogP contribution in [-0.2, 0) is 4.79 Å². The molecule has 1 aliphatic rings. The van der Waals surface area contributed by atoms with Crippen LogP contribution in [0, 0.1) is 0 Å². The van der Waals surface area contributed by atoms with Crippen LogP contribution in [0.4, 0.5) is 5.69 Å². The third kappa shape index (κ3) is 3.33. The van der Waals surface area contributed by atoms with E-state index in [1.807, 2.05) is 0 Å². The molecule has 0 saturated heterocycles. The van der Waals surface area contributed by atoms with Gasteiger partial charge in [-0.05, 0) is 24.3 Å². The summed E-state index contributed by atoms with van der Waals surface area (Å²) in [6, 6.07) is 7.34. The third-order valence-electron chi connectivity index (χ3n) is 3.54. The Bertz CT molecular complexity index is 889. The van der Waals surface area contributed by atoms with Crippen molar-refractivity contribution >= 4 is 69.8 Å². The van der Waals surface area contributed by atoms with Gasteiger partial charge in [0.1, 0.15) is 6.54 Å². The van der Waals surface area contributed by atoms with Crippen LogP contribution in [0.3, 0.4) is 0 Å². The third-order valence-corrected chi connectivity index (χ3v) is 5.08. The SMILES string of the molecule is O=C(CN1C(=O)c2cc(Cl)c(Cl)cc2C1=O)Nc1cccc(Cl)c1Cl. The van der Waals surface area contributed by atoms with Gasteiger partial charge in [-0.15, -0.1) is 0 Å². The normalized spacial score (nSPS) is 13.2. The monoisotopic (exact) mass is 416 g/mol. The number of carbonyl (C=O) groups excluding carboxylic acids is 3. The molecular formula is C16H8Cl4N2O3. The fourth-order valence-corrected chi connectivity index (χ4v) is 3.04. The molecule has 9 heteroatoms. The van der Waals surface area contributed by atoms with Gasteiger partial charge in [0.05, 0.1) is 36.9 Å².